The highest BCUT2D eigenvalue weighted by molar-refractivity contribution is 6.04. The maximum atomic E-state index is 11.7. The van der Waals surface area contributed by atoms with Crippen LogP contribution >= 0.6 is 0 Å². The van der Waals surface area contributed by atoms with Gasteiger partial charge < -0.3 is 10.1 Å². The summed E-state index contributed by atoms with van der Waals surface area (Å²) in [5.74, 6) is -0.0678. The van der Waals surface area contributed by atoms with E-state index in [0.717, 1.165) is 11.3 Å². The SMILES string of the molecule is Cc1ccccc1NC(=O)C1=COCC1. The third kappa shape index (κ3) is 2.18. The Kier molecular flexibility index (Phi) is 2.72. The van der Waals surface area contributed by atoms with Crippen molar-refractivity contribution >= 4 is 11.6 Å². The van der Waals surface area contributed by atoms with E-state index in [0.29, 0.717) is 18.6 Å². The van der Waals surface area contributed by atoms with Crippen LogP contribution in [0.3, 0.4) is 0 Å². The molecule has 0 bridgehead atoms. The molecule has 3 nitrogen and oxygen atoms in total. The summed E-state index contributed by atoms with van der Waals surface area (Å²) in [6.45, 7) is 2.58. The van der Waals surface area contributed by atoms with Crippen molar-refractivity contribution in [3.05, 3.63) is 41.7 Å². The molecular weight excluding hydrogens is 190 g/mol. The van der Waals surface area contributed by atoms with Gasteiger partial charge in [-0.2, -0.15) is 0 Å². The summed E-state index contributed by atoms with van der Waals surface area (Å²) in [4.78, 5) is 11.7. The van der Waals surface area contributed by atoms with Gasteiger partial charge in [0.25, 0.3) is 5.91 Å². The third-order valence-corrected chi connectivity index (χ3v) is 2.40. The standard InChI is InChI=1S/C12H13NO2/c1-9-4-2-3-5-11(9)13-12(14)10-6-7-15-8-10/h2-5,8H,6-7H2,1H3,(H,13,14). The number of aryl methyl sites for hydroxylation is 1. The Balaban J connectivity index is 2.09. The maximum Gasteiger partial charge on any atom is 0.254 e. The van der Waals surface area contributed by atoms with Gasteiger partial charge in [-0.25, -0.2) is 0 Å². The molecule has 0 aromatic heterocycles. The van der Waals surface area contributed by atoms with Crippen molar-refractivity contribution in [2.45, 2.75) is 13.3 Å². The molecule has 15 heavy (non-hydrogen) atoms. The van der Waals surface area contributed by atoms with Gasteiger partial charge in [0.2, 0.25) is 0 Å². The number of hydrogen-bond donors (Lipinski definition) is 1. The molecule has 1 aromatic carbocycles. The zero-order chi connectivity index (χ0) is 10.7. The minimum Gasteiger partial charge on any atom is -0.500 e. The highest BCUT2D eigenvalue weighted by Crippen LogP contribution is 2.17. The molecule has 78 valence electrons. The molecule has 3 heteroatoms. The van der Waals surface area contributed by atoms with E-state index >= 15 is 0 Å². The molecule has 1 aliphatic rings. The second-order valence-corrected chi connectivity index (χ2v) is 3.53. The smallest absolute Gasteiger partial charge is 0.254 e. The van der Waals surface area contributed by atoms with E-state index < -0.39 is 0 Å². The van der Waals surface area contributed by atoms with Gasteiger partial charge in [0.1, 0.15) is 0 Å². The monoisotopic (exact) mass is 203 g/mol. The third-order valence-electron chi connectivity index (χ3n) is 2.40. The van der Waals surface area contributed by atoms with E-state index in [1.165, 1.54) is 6.26 Å². The fraction of sp³-hybridized carbons (Fsp3) is 0.250. The Hall–Kier alpha value is -1.77. The van der Waals surface area contributed by atoms with Crippen LogP contribution in [0.2, 0.25) is 0 Å². The lowest BCUT2D eigenvalue weighted by Crippen LogP contribution is -2.14. The van der Waals surface area contributed by atoms with Crippen LogP contribution in [0.1, 0.15) is 12.0 Å². The largest absolute Gasteiger partial charge is 0.500 e. The molecule has 2 rings (SSSR count). The van der Waals surface area contributed by atoms with Gasteiger partial charge in [0.05, 0.1) is 18.4 Å². The van der Waals surface area contributed by atoms with E-state index in [9.17, 15) is 4.79 Å². The van der Waals surface area contributed by atoms with E-state index in [2.05, 4.69) is 5.32 Å². The lowest BCUT2D eigenvalue weighted by atomic mass is 10.1. The van der Waals surface area contributed by atoms with Crippen LogP contribution in [0.5, 0.6) is 0 Å². The van der Waals surface area contributed by atoms with Crippen LogP contribution in [0.15, 0.2) is 36.1 Å². The van der Waals surface area contributed by atoms with Crippen LogP contribution in [-0.2, 0) is 9.53 Å². The minimum absolute atomic E-state index is 0.0678. The molecule has 1 heterocycles. The second kappa shape index (κ2) is 4.17. The molecule has 1 aliphatic heterocycles. The van der Waals surface area contributed by atoms with E-state index in [4.69, 9.17) is 4.74 Å². The summed E-state index contributed by atoms with van der Waals surface area (Å²) in [6.07, 6.45) is 2.23. The predicted octanol–water partition coefficient (Wildman–Crippen LogP) is 2.24. The second-order valence-electron chi connectivity index (χ2n) is 3.53. The molecule has 1 N–H and O–H groups in total. The number of nitrogens with one attached hydrogen (secondary N) is 1. The van der Waals surface area contributed by atoms with Crippen LogP contribution in [-0.4, -0.2) is 12.5 Å². The Morgan fingerprint density at radius 1 is 1.40 bits per heavy atom. The number of hydrogen-bond acceptors (Lipinski definition) is 2. The predicted molar refractivity (Wildman–Crippen MR) is 58.5 cm³/mol. The maximum absolute atomic E-state index is 11.7. The summed E-state index contributed by atoms with van der Waals surface area (Å²) < 4.78 is 5.02. The highest BCUT2D eigenvalue weighted by Gasteiger charge is 2.14. The van der Waals surface area contributed by atoms with Gasteiger partial charge in [-0.1, -0.05) is 18.2 Å². The number of ether oxygens (including phenoxy) is 1. The fourth-order valence-electron chi connectivity index (χ4n) is 1.47. The van der Waals surface area contributed by atoms with E-state index in [-0.39, 0.29) is 5.91 Å². The Morgan fingerprint density at radius 2 is 2.20 bits per heavy atom. The Bertz CT molecular complexity index is 410. The van der Waals surface area contributed by atoms with Crippen molar-refractivity contribution in [1.82, 2.24) is 0 Å². The molecule has 0 radical (unpaired) electrons. The summed E-state index contributed by atoms with van der Waals surface area (Å²) >= 11 is 0. The fourth-order valence-corrected chi connectivity index (χ4v) is 1.47. The first-order chi connectivity index (χ1) is 7.27. The summed E-state index contributed by atoms with van der Waals surface area (Å²) in [6, 6.07) is 7.71. The van der Waals surface area contributed by atoms with Crippen molar-refractivity contribution in [2.24, 2.45) is 0 Å². The number of carbonyl (C=O) groups is 1. The number of anilines is 1. The quantitative estimate of drug-likeness (QED) is 0.800. The van der Waals surface area contributed by atoms with Gasteiger partial charge >= 0.3 is 0 Å². The molecule has 1 amide bonds. The number of benzene rings is 1. The zero-order valence-electron chi connectivity index (χ0n) is 8.62. The average Bonchev–Trinajstić information content (AvgIpc) is 2.74. The van der Waals surface area contributed by atoms with E-state index in [1.807, 2.05) is 31.2 Å². The van der Waals surface area contributed by atoms with Crippen LogP contribution in [0.25, 0.3) is 0 Å². The van der Waals surface area contributed by atoms with Crippen LogP contribution in [0, 0.1) is 6.92 Å². The van der Waals surface area contributed by atoms with Crippen molar-refractivity contribution < 1.29 is 9.53 Å². The molecule has 0 aliphatic carbocycles. The zero-order valence-corrected chi connectivity index (χ0v) is 8.62. The van der Waals surface area contributed by atoms with E-state index in [1.54, 1.807) is 0 Å². The first-order valence-corrected chi connectivity index (χ1v) is 4.95. The molecule has 0 atom stereocenters. The molecule has 0 unspecified atom stereocenters. The lowest BCUT2D eigenvalue weighted by Gasteiger charge is -2.07. The van der Waals surface area contributed by atoms with Crippen LogP contribution in [0.4, 0.5) is 5.69 Å². The summed E-state index contributed by atoms with van der Waals surface area (Å²) in [7, 11) is 0. The molecule has 0 fully saturated rings. The normalized spacial score (nSPS) is 14.3. The van der Waals surface area contributed by atoms with Gasteiger partial charge in [-0.05, 0) is 18.6 Å². The van der Waals surface area contributed by atoms with Crippen molar-refractivity contribution in [3.63, 3.8) is 0 Å². The highest BCUT2D eigenvalue weighted by atomic mass is 16.5. The number of carbonyl (C=O) groups excluding carboxylic acids is 1. The van der Waals surface area contributed by atoms with Crippen LogP contribution < -0.4 is 5.32 Å². The van der Waals surface area contributed by atoms with Crippen molar-refractivity contribution in [3.8, 4) is 0 Å². The van der Waals surface area contributed by atoms with Gasteiger partial charge in [0, 0.05) is 12.1 Å². The topological polar surface area (TPSA) is 38.3 Å². The van der Waals surface area contributed by atoms with Crippen molar-refractivity contribution in [1.29, 1.82) is 0 Å². The van der Waals surface area contributed by atoms with Gasteiger partial charge in [0.15, 0.2) is 0 Å². The Morgan fingerprint density at radius 3 is 2.87 bits per heavy atom. The minimum atomic E-state index is -0.0678. The molecule has 0 spiro atoms. The summed E-state index contributed by atoms with van der Waals surface area (Å²) in [5, 5.41) is 2.86. The molecule has 0 saturated heterocycles. The molecule has 0 saturated carbocycles. The first kappa shape index (κ1) is 9.77. The molecule has 1 aromatic rings. The van der Waals surface area contributed by atoms with Gasteiger partial charge in [-0.15, -0.1) is 0 Å². The number of para-hydroxylation sites is 1. The first-order valence-electron chi connectivity index (χ1n) is 4.95. The lowest BCUT2D eigenvalue weighted by molar-refractivity contribution is -0.112. The number of amides is 1. The van der Waals surface area contributed by atoms with Crippen molar-refractivity contribution in [2.75, 3.05) is 11.9 Å². The van der Waals surface area contributed by atoms with Gasteiger partial charge in [-0.3, -0.25) is 4.79 Å². The average molecular weight is 203 g/mol. The molecular formula is C12H13NO2. The Labute approximate surface area is 88.8 Å². The number of rotatable bonds is 2. The summed E-state index contributed by atoms with van der Waals surface area (Å²) in [5.41, 5.74) is 2.62.